The van der Waals surface area contributed by atoms with E-state index in [0.29, 0.717) is 0 Å². The number of aromatic nitrogens is 1. The first-order chi connectivity index (χ1) is 7.65. The molecule has 4 nitrogen and oxygen atoms in total. The maximum absolute atomic E-state index is 11.2. The SMILES string of the molecule is C=C1CCN(Cc2cc(=O)c(O)c[nH]2)CC1. The van der Waals surface area contributed by atoms with E-state index < -0.39 is 0 Å². The molecule has 1 aliphatic heterocycles. The van der Waals surface area contributed by atoms with Gasteiger partial charge in [0.1, 0.15) is 0 Å². The summed E-state index contributed by atoms with van der Waals surface area (Å²) in [5.74, 6) is -0.226. The van der Waals surface area contributed by atoms with Crippen molar-refractivity contribution >= 4 is 0 Å². The minimum absolute atomic E-state index is 0.226. The topological polar surface area (TPSA) is 56.3 Å². The van der Waals surface area contributed by atoms with Gasteiger partial charge in [-0.3, -0.25) is 9.69 Å². The van der Waals surface area contributed by atoms with Crippen LogP contribution in [-0.2, 0) is 6.54 Å². The lowest BCUT2D eigenvalue weighted by atomic mass is 10.1. The van der Waals surface area contributed by atoms with Crippen LogP contribution in [0.5, 0.6) is 5.75 Å². The maximum atomic E-state index is 11.2. The Kier molecular flexibility index (Phi) is 3.10. The van der Waals surface area contributed by atoms with Gasteiger partial charge < -0.3 is 10.1 Å². The monoisotopic (exact) mass is 220 g/mol. The number of piperidine rings is 1. The summed E-state index contributed by atoms with van der Waals surface area (Å²) in [6.07, 6.45) is 3.41. The Morgan fingerprint density at radius 2 is 2.12 bits per heavy atom. The number of aromatic hydroxyl groups is 1. The lowest BCUT2D eigenvalue weighted by molar-refractivity contribution is 0.245. The average Bonchev–Trinajstić information content (AvgIpc) is 2.27. The Labute approximate surface area is 94.2 Å². The number of nitrogens with one attached hydrogen (secondary N) is 1. The van der Waals surface area contributed by atoms with E-state index in [1.54, 1.807) is 0 Å². The molecule has 2 rings (SSSR count). The molecule has 1 aliphatic rings. The van der Waals surface area contributed by atoms with Crippen molar-refractivity contribution in [3.8, 4) is 5.75 Å². The molecule has 1 fully saturated rings. The lowest BCUT2D eigenvalue weighted by Crippen LogP contribution is -2.30. The van der Waals surface area contributed by atoms with E-state index >= 15 is 0 Å². The Balaban J connectivity index is 2.01. The van der Waals surface area contributed by atoms with E-state index in [9.17, 15) is 4.79 Å². The molecule has 0 aromatic carbocycles. The van der Waals surface area contributed by atoms with Crippen LogP contribution in [0.3, 0.4) is 0 Å². The highest BCUT2D eigenvalue weighted by Gasteiger charge is 2.13. The molecule has 0 unspecified atom stereocenters. The van der Waals surface area contributed by atoms with Gasteiger partial charge in [0, 0.05) is 37.6 Å². The predicted molar refractivity (Wildman–Crippen MR) is 62.4 cm³/mol. The van der Waals surface area contributed by atoms with Gasteiger partial charge >= 0.3 is 0 Å². The highest BCUT2D eigenvalue weighted by atomic mass is 16.3. The smallest absolute Gasteiger partial charge is 0.223 e. The van der Waals surface area contributed by atoms with Gasteiger partial charge in [-0.25, -0.2) is 0 Å². The number of H-pyrrole nitrogens is 1. The Hall–Kier alpha value is -1.55. The van der Waals surface area contributed by atoms with E-state index in [1.165, 1.54) is 17.8 Å². The summed E-state index contributed by atoms with van der Waals surface area (Å²) in [4.78, 5) is 16.4. The summed E-state index contributed by atoms with van der Waals surface area (Å²) < 4.78 is 0. The summed E-state index contributed by atoms with van der Waals surface area (Å²) in [6.45, 7) is 6.66. The van der Waals surface area contributed by atoms with Crippen LogP contribution in [0.2, 0.25) is 0 Å². The molecular formula is C12H16N2O2. The standard InChI is InChI=1S/C12H16N2O2/c1-9-2-4-14(5-3-9)8-10-6-11(15)12(16)7-13-10/h6-7,16H,1-5,8H2,(H,13,15). The molecule has 2 N–H and O–H groups in total. The van der Waals surface area contributed by atoms with Crippen molar-refractivity contribution in [1.29, 1.82) is 0 Å². The molecule has 0 saturated carbocycles. The second-order valence-electron chi connectivity index (χ2n) is 4.23. The zero-order valence-corrected chi connectivity index (χ0v) is 9.20. The normalized spacial score (nSPS) is 17.6. The predicted octanol–water partition coefficient (Wildman–Crippen LogP) is 1.23. The molecule has 1 aromatic heterocycles. The molecule has 16 heavy (non-hydrogen) atoms. The van der Waals surface area contributed by atoms with Crippen molar-refractivity contribution in [2.24, 2.45) is 0 Å². The molecule has 0 bridgehead atoms. The fraction of sp³-hybridized carbons (Fsp3) is 0.417. The third kappa shape index (κ3) is 2.52. The zero-order chi connectivity index (χ0) is 11.5. The maximum Gasteiger partial charge on any atom is 0.223 e. The Bertz CT molecular complexity index is 441. The van der Waals surface area contributed by atoms with Gasteiger partial charge in [0.2, 0.25) is 5.43 Å². The highest BCUT2D eigenvalue weighted by molar-refractivity contribution is 5.18. The van der Waals surface area contributed by atoms with E-state index in [2.05, 4.69) is 16.5 Å². The van der Waals surface area contributed by atoms with Crippen molar-refractivity contribution in [3.05, 3.63) is 40.3 Å². The van der Waals surface area contributed by atoms with Gasteiger partial charge in [-0.05, 0) is 12.8 Å². The molecule has 1 saturated heterocycles. The third-order valence-electron chi connectivity index (χ3n) is 2.91. The number of hydrogen-bond acceptors (Lipinski definition) is 3. The van der Waals surface area contributed by atoms with Gasteiger partial charge in [0.25, 0.3) is 0 Å². The third-order valence-corrected chi connectivity index (χ3v) is 2.91. The Morgan fingerprint density at radius 1 is 1.44 bits per heavy atom. The van der Waals surface area contributed by atoms with Crippen molar-refractivity contribution < 1.29 is 5.11 Å². The van der Waals surface area contributed by atoms with Crippen molar-refractivity contribution in [1.82, 2.24) is 9.88 Å². The molecule has 4 heteroatoms. The number of rotatable bonds is 2. The molecule has 1 aromatic rings. The quantitative estimate of drug-likeness (QED) is 0.737. The van der Waals surface area contributed by atoms with Gasteiger partial charge in [-0.15, -0.1) is 0 Å². The number of nitrogens with zero attached hydrogens (tertiary/aromatic N) is 1. The van der Waals surface area contributed by atoms with E-state index in [-0.39, 0.29) is 11.2 Å². The van der Waals surface area contributed by atoms with Crippen molar-refractivity contribution in [2.45, 2.75) is 19.4 Å². The highest BCUT2D eigenvalue weighted by Crippen LogP contribution is 2.15. The number of hydrogen-bond donors (Lipinski definition) is 2. The molecule has 0 amide bonds. The van der Waals surface area contributed by atoms with Crippen LogP contribution in [0.1, 0.15) is 18.5 Å². The zero-order valence-electron chi connectivity index (χ0n) is 9.20. The summed E-state index contributed by atoms with van der Waals surface area (Å²) in [6, 6.07) is 1.46. The average molecular weight is 220 g/mol. The summed E-state index contributed by atoms with van der Waals surface area (Å²) in [5.41, 5.74) is 1.82. The van der Waals surface area contributed by atoms with E-state index in [0.717, 1.165) is 38.2 Å². The first kappa shape index (κ1) is 11.0. The van der Waals surface area contributed by atoms with Crippen LogP contribution >= 0.6 is 0 Å². The van der Waals surface area contributed by atoms with Gasteiger partial charge in [0.05, 0.1) is 0 Å². The molecular weight excluding hydrogens is 204 g/mol. The van der Waals surface area contributed by atoms with Gasteiger partial charge in [-0.1, -0.05) is 12.2 Å². The molecule has 0 atom stereocenters. The lowest BCUT2D eigenvalue weighted by Gasteiger charge is -2.27. The number of likely N-dealkylation sites (tertiary alicyclic amines) is 1. The van der Waals surface area contributed by atoms with Crippen molar-refractivity contribution in [2.75, 3.05) is 13.1 Å². The number of aromatic amines is 1. The summed E-state index contributed by atoms with van der Waals surface area (Å²) in [7, 11) is 0. The van der Waals surface area contributed by atoms with Gasteiger partial charge in [0.15, 0.2) is 5.75 Å². The van der Waals surface area contributed by atoms with E-state index in [4.69, 9.17) is 5.11 Å². The van der Waals surface area contributed by atoms with Crippen molar-refractivity contribution in [3.63, 3.8) is 0 Å². The van der Waals surface area contributed by atoms with Crippen LogP contribution in [0, 0.1) is 0 Å². The first-order valence-electron chi connectivity index (χ1n) is 5.45. The fourth-order valence-corrected chi connectivity index (χ4v) is 1.87. The first-order valence-corrected chi connectivity index (χ1v) is 5.45. The van der Waals surface area contributed by atoms with Crippen LogP contribution in [0.25, 0.3) is 0 Å². The van der Waals surface area contributed by atoms with Crippen LogP contribution in [0.4, 0.5) is 0 Å². The van der Waals surface area contributed by atoms with Crippen LogP contribution in [0.15, 0.2) is 29.2 Å². The molecule has 0 aliphatic carbocycles. The van der Waals surface area contributed by atoms with Gasteiger partial charge in [-0.2, -0.15) is 0 Å². The minimum atomic E-state index is -0.324. The van der Waals surface area contributed by atoms with E-state index in [1.807, 2.05) is 0 Å². The largest absolute Gasteiger partial charge is 0.503 e. The fourth-order valence-electron chi connectivity index (χ4n) is 1.87. The second kappa shape index (κ2) is 4.53. The Morgan fingerprint density at radius 3 is 2.75 bits per heavy atom. The van der Waals surface area contributed by atoms with Crippen LogP contribution in [-0.4, -0.2) is 28.1 Å². The number of pyridine rings is 1. The molecule has 0 spiro atoms. The molecule has 2 heterocycles. The second-order valence-corrected chi connectivity index (χ2v) is 4.23. The summed E-state index contributed by atoms with van der Waals surface area (Å²) >= 11 is 0. The minimum Gasteiger partial charge on any atom is -0.503 e. The molecule has 86 valence electrons. The molecule has 0 radical (unpaired) electrons. The summed E-state index contributed by atoms with van der Waals surface area (Å²) in [5, 5.41) is 9.12. The van der Waals surface area contributed by atoms with Crippen LogP contribution < -0.4 is 5.43 Å².